The molecular weight excluding hydrogens is 404 g/mol. The van der Waals surface area contributed by atoms with Crippen molar-refractivity contribution in [1.29, 1.82) is 0 Å². The lowest BCUT2D eigenvalue weighted by molar-refractivity contribution is -0.131. The molecule has 1 unspecified atom stereocenters. The molecule has 0 spiro atoms. The van der Waals surface area contributed by atoms with Gasteiger partial charge in [-0.3, -0.25) is 4.79 Å². The normalized spacial score (nSPS) is 17.2. The minimum Gasteiger partial charge on any atom is -0.340 e. The highest BCUT2D eigenvalue weighted by molar-refractivity contribution is 9.10. The number of aromatic amines is 1. The maximum atomic E-state index is 14.2. The number of benzene rings is 2. The number of nitrogens with zero attached hydrogens (tertiary/aromatic N) is 2. The average molecular weight is 420 g/mol. The third-order valence-electron chi connectivity index (χ3n) is 4.72. The number of aromatic nitrogens is 2. The van der Waals surface area contributed by atoms with E-state index in [2.05, 4.69) is 25.9 Å². The van der Waals surface area contributed by atoms with E-state index in [0.717, 1.165) is 12.8 Å². The van der Waals surface area contributed by atoms with Crippen molar-refractivity contribution in [3.63, 3.8) is 0 Å². The number of imidazole rings is 1. The fourth-order valence-electron chi connectivity index (χ4n) is 3.46. The number of nitrogens with one attached hydrogen (secondary N) is 1. The summed E-state index contributed by atoms with van der Waals surface area (Å²) < 4.78 is 27.9. The molecule has 2 heterocycles. The highest BCUT2D eigenvalue weighted by Crippen LogP contribution is 2.32. The van der Waals surface area contributed by atoms with Crippen LogP contribution in [0.25, 0.3) is 11.0 Å². The third-order valence-corrected chi connectivity index (χ3v) is 5.34. The number of carbonyl (C=O) groups excluding carboxylic acids is 1. The van der Waals surface area contributed by atoms with Gasteiger partial charge in [-0.2, -0.15) is 0 Å². The van der Waals surface area contributed by atoms with E-state index in [4.69, 9.17) is 0 Å². The van der Waals surface area contributed by atoms with Crippen LogP contribution in [0.5, 0.6) is 0 Å². The molecule has 3 aromatic rings. The molecule has 1 aliphatic heterocycles. The van der Waals surface area contributed by atoms with Gasteiger partial charge in [-0.05, 0) is 58.6 Å². The minimum absolute atomic E-state index is 0.00334. The van der Waals surface area contributed by atoms with Gasteiger partial charge in [-0.15, -0.1) is 0 Å². The number of hydrogen-bond acceptors (Lipinski definition) is 2. The zero-order valence-electron chi connectivity index (χ0n) is 13.8. The van der Waals surface area contributed by atoms with Gasteiger partial charge in [0.1, 0.15) is 17.5 Å². The van der Waals surface area contributed by atoms with Crippen LogP contribution in [-0.2, 0) is 11.2 Å². The first-order chi connectivity index (χ1) is 12.5. The maximum Gasteiger partial charge on any atom is 0.227 e. The molecule has 1 amide bonds. The van der Waals surface area contributed by atoms with E-state index >= 15 is 0 Å². The van der Waals surface area contributed by atoms with E-state index in [1.165, 1.54) is 12.1 Å². The van der Waals surface area contributed by atoms with Crippen LogP contribution in [-0.4, -0.2) is 27.3 Å². The Morgan fingerprint density at radius 1 is 1.31 bits per heavy atom. The van der Waals surface area contributed by atoms with Gasteiger partial charge in [-0.1, -0.05) is 12.1 Å². The molecule has 1 aliphatic rings. The molecule has 7 heteroatoms. The summed E-state index contributed by atoms with van der Waals surface area (Å²) in [4.78, 5) is 22.1. The van der Waals surface area contributed by atoms with Crippen LogP contribution in [0.1, 0.15) is 30.3 Å². The Labute approximate surface area is 157 Å². The second-order valence-electron chi connectivity index (χ2n) is 6.42. The number of fused-ring (bicyclic) bond motifs is 1. The van der Waals surface area contributed by atoms with Crippen molar-refractivity contribution in [3.05, 3.63) is 63.9 Å². The monoisotopic (exact) mass is 419 g/mol. The van der Waals surface area contributed by atoms with E-state index in [9.17, 15) is 13.6 Å². The van der Waals surface area contributed by atoms with E-state index in [1.807, 2.05) is 0 Å². The van der Waals surface area contributed by atoms with Crippen molar-refractivity contribution in [3.8, 4) is 0 Å². The average Bonchev–Trinajstić information content (AvgIpc) is 3.24. The van der Waals surface area contributed by atoms with E-state index in [1.54, 1.807) is 29.2 Å². The Morgan fingerprint density at radius 3 is 3.00 bits per heavy atom. The van der Waals surface area contributed by atoms with Gasteiger partial charge >= 0.3 is 0 Å². The van der Waals surface area contributed by atoms with Crippen LogP contribution < -0.4 is 0 Å². The highest BCUT2D eigenvalue weighted by atomic mass is 79.9. The molecule has 2 aromatic carbocycles. The Kier molecular flexibility index (Phi) is 4.48. The standard InChI is InChI=1S/C19H16BrF2N3O/c20-13-4-1-3-11(18(13)22)9-17(26)25-8-2-5-16(25)19-23-14-7-6-12(21)10-15(14)24-19/h1,3-4,6-7,10,16H,2,5,8-9H2,(H,23,24). The van der Waals surface area contributed by atoms with Crippen LogP contribution in [0.3, 0.4) is 0 Å². The van der Waals surface area contributed by atoms with Gasteiger partial charge in [0, 0.05) is 6.54 Å². The molecular formula is C19H16BrF2N3O. The molecule has 0 aliphatic carbocycles. The number of H-pyrrole nitrogens is 1. The summed E-state index contributed by atoms with van der Waals surface area (Å²) in [6, 6.07) is 9.11. The first kappa shape index (κ1) is 17.1. The zero-order chi connectivity index (χ0) is 18.3. The highest BCUT2D eigenvalue weighted by Gasteiger charge is 2.32. The predicted molar refractivity (Wildman–Crippen MR) is 97.5 cm³/mol. The number of likely N-dealkylation sites (tertiary alicyclic amines) is 1. The Bertz CT molecular complexity index is 988. The topological polar surface area (TPSA) is 49.0 Å². The summed E-state index contributed by atoms with van der Waals surface area (Å²) in [5.41, 5.74) is 1.64. The summed E-state index contributed by atoms with van der Waals surface area (Å²) in [7, 11) is 0. The molecule has 1 saturated heterocycles. The first-order valence-corrected chi connectivity index (χ1v) is 9.20. The Balaban J connectivity index is 1.59. The van der Waals surface area contributed by atoms with Gasteiger partial charge < -0.3 is 9.88 Å². The van der Waals surface area contributed by atoms with Gasteiger partial charge in [0.05, 0.1) is 28.0 Å². The first-order valence-electron chi connectivity index (χ1n) is 8.40. The number of halogens is 3. The van der Waals surface area contributed by atoms with Crippen molar-refractivity contribution in [1.82, 2.24) is 14.9 Å². The second-order valence-corrected chi connectivity index (χ2v) is 7.27. The van der Waals surface area contributed by atoms with E-state index in [-0.39, 0.29) is 24.2 Å². The van der Waals surface area contributed by atoms with E-state index < -0.39 is 5.82 Å². The Hall–Kier alpha value is -2.28. The summed E-state index contributed by atoms with van der Waals surface area (Å²) in [5.74, 6) is -0.240. The summed E-state index contributed by atoms with van der Waals surface area (Å²) in [5, 5.41) is 0. The summed E-state index contributed by atoms with van der Waals surface area (Å²) in [6.45, 7) is 0.602. The predicted octanol–water partition coefficient (Wildman–Crippen LogP) is 4.51. The number of rotatable bonds is 3. The zero-order valence-corrected chi connectivity index (χ0v) is 15.4. The van der Waals surface area contributed by atoms with Crippen molar-refractivity contribution in [2.45, 2.75) is 25.3 Å². The van der Waals surface area contributed by atoms with Crippen LogP contribution in [0.4, 0.5) is 8.78 Å². The second kappa shape index (κ2) is 6.79. The van der Waals surface area contributed by atoms with Crippen molar-refractivity contribution < 1.29 is 13.6 Å². The number of hydrogen-bond donors (Lipinski definition) is 1. The molecule has 4 nitrogen and oxygen atoms in total. The fraction of sp³-hybridized carbons (Fsp3) is 0.263. The fourth-order valence-corrected chi connectivity index (χ4v) is 3.87. The van der Waals surface area contributed by atoms with Crippen molar-refractivity contribution in [2.75, 3.05) is 6.54 Å². The van der Waals surface area contributed by atoms with Crippen LogP contribution >= 0.6 is 15.9 Å². The molecule has 0 radical (unpaired) electrons. The SMILES string of the molecule is O=C(Cc1cccc(Br)c1F)N1CCCC1c1nc2ccc(F)cc2[nH]1. The van der Waals surface area contributed by atoms with Gasteiger partial charge in [0.15, 0.2) is 0 Å². The molecule has 134 valence electrons. The van der Waals surface area contributed by atoms with Crippen molar-refractivity contribution >= 4 is 32.9 Å². The molecule has 1 fully saturated rings. The summed E-state index contributed by atoms with van der Waals surface area (Å²) in [6.07, 6.45) is 1.62. The molecule has 1 N–H and O–H groups in total. The molecule has 0 bridgehead atoms. The quantitative estimate of drug-likeness (QED) is 0.678. The molecule has 1 atom stereocenters. The van der Waals surface area contributed by atoms with Crippen molar-refractivity contribution in [2.24, 2.45) is 0 Å². The maximum absolute atomic E-state index is 14.2. The van der Waals surface area contributed by atoms with Crippen LogP contribution in [0.15, 0.2) is 40.9 Å². The number of carbonyl (C=O) groups is 1. The van der Waals surface area contributed by atoms with Gasteiger partial charge in [-0.25, -0.2) is 13.8 Å². The smallest absolute Gasteiger partial charge is 0.227 e. The van der Waals surface area contributed by atoms with Gasteiger partial charge in [0.25, 0.3) is 0 Å². The molecule has 0 saturated carbocycles. The largest absolute Gasteiger partial charge is 0.340 e. The lowest BCUT2D eigenvalue weighted by Crippen LogP contribution is -2.32. The molecule has 1 aromatic heterocycles. The minimum atomic E-state index is -0.407. The lowest BCUT2D eigenvalue weighted by Gasteiger charge is -2.23. The lowest BCUT2D eigenvalue weighted by atomic mass is 10.1. The van der Waals surface area contributed by atoms with Crippen LogP contribution in [0.2, 0.25) is 0 Å². The Morgan fingerprint density at radius 2 is 2.15 bits per heavy atom. The van der Waals surface area contributed by atoms with E-state index in [0.29, 0.717) is 33.4 Å². The third kappa shape index (κ3) is 3.11. The van der Waals surface area contributed by atoms with Gasteiger partial charge in [0.2, 0.25) is 5.91 Å². The number of amides is 1. The van der Waals surface area contributed by atoms with Crippen LogP contribution in [0, 0.1) is 11.6 Å². The molecule has 4 rings (SSSR count). The molecule has 26 heavy (non-hydrogen) atoms. The summed E-state index contributed by atoms with van der Waals surface area (Å²) >= 11 is 3.15.